The van der Waals surface area contributed by atoms with Crippen LogP contribution in [0, 0.1) is 6.92 Å². The van der Waals surface area contributed by atoms with Crippen molar-refractivity contribution < 1.29 is 9.32 Å². The standard InChI is InChI=1S/C19H25BrN6O2/c1-14-3-4-15(20)11-17(14)23-18(27)12-22-19(21-2)26-8-6-25(7-9-26)13-16-5-10-28-24-16/h3-5,10-11H,6-9,12-13H2,1-2H3,(H,21,22)(H,23,27). The van der Waals surface area contributed by atoms with Crippen molar-refractivity contribution in [1.29, 1.82) is 0 Å². The molecule has 0 saturated carbocycles. The number of aryl methyl sites for hydroxylation is 1. The van der Waals surface area contributed by atoms with Gasteiger partial charge in [-0.1, -0.05) is 27.2 Å². The van der Waals surface area contributed by atoms with E-state index in [-0.39, 0.29) is 12.5 Å². The SMILES string of the molecule is CN=C(NCC(=O)Nc1cc(Br)ccc1C)N1CCN(Cc2ccon2)CC1. The molecular weight excluding hydrogens is 424 g/mol. The molecule has 1 aliphatic heterocycles. The number of anilines is 1. The van der Waals surface area contributed by atoms with Crippen LogP contribution in [0.15, 0.2) is 44.5 Å². The molecule has 1 aromatic heterocycles. The zero-order chi connectivity index (χ0) is 19.9. The first kappa shape index (κ1) is 20.3. The van der Waals surface area contributed by atoms with Gasteiger partial charge in [0.05, 0.1) is 12.2 Å². The van der Waals surface area contributed by atoms with E-state index in [4.69, 9.17) is 4.52 Å². The van der Waals surface area contributed by atoms with Gasteiger partial charge >= 0.3 is 0 Å². The molecule has 1 amide bonds. The topological polar surface area (TPSA) is 86.0 Å². The first-order valence-electron chi connectivity index (χ1n) is 9.18. The lowest BCUT2D eigenvalue weighted by molar-refractivity contribution is -0.115. The molecule has 0 unspecified atom stereocenters. The number of hydrogen-bond donors (Lipinski definition) is 2. The molecule has 0 bridgehead atoms. The third kappa shape index (κ3) is 5.56. The van der Waals surface area contributed by atoms with E-state index in [2.05, 4.69) is 46.5 Å². The fraction of sp³-hybridized carbons (Fsp3) is 0.421. The van der Waals surface area contributed by atoms with E-state index in [0.717, 1.165) is 60.1 Å². The van der Waals surface area contributed by atoms with Gasteiger partial charge in [-0.25, -0.2) is 0 Å². The summed E-state index contributed by atoms with van der Waals surface area (Å²) in [6.07, 6.45) is 1.60. The van der Waals surface area contributed by atoms with Gasteiger partial charge in [0.15, 0.2) is 5.96 Å². The lowest BCUT2D eigenvalue weighted by atomic mass is 10.2. The predicted molar refractivity (Wildman–Crippen MR) is 112 cm³/mol. The Labute approximate surface area is 173 Å². The first-order valence-corrected chi connectivity index (χ1v) is 9.97. The van der Waals surface area contributed by atoms with Crippen LogP contribution in [0.5, 0.6) is 0 Å². The van der Waals surface area contributed by atoms with Gasteiger partial charge in [0.25, 0.3) is 0 Å². The molecule has 0 radical (unpaired) electrons. The molecule has 9 heteroatoms. The Morgan fingerprint density at radius 2 is 2.07 bits per heavy atom. The maximum atomic E-state index is 12.3. The van der Waals surface area contributed by atoms with Crippen LogP contribution >= 0.6 is 15.9 Å². The Balaban J connectivity index is 1.45. The van der Waals surface area contributed by atoms with Crippen LogP contribution in [0.1, 0.15) is 11.3 Å². The van der Waals surface area contributed by atoms with Crippen LogP contribution in [0.25, 0.3) is 0 Å². The largest absolute Gasteiger partial charge is 0.364 e. The quantitative estimate of drug-likeness (QED) is 0.537. The highest BCUT2D eigenvalue weighted by molar-refractivity contribution is 9.10. The molecule has 1 aliphatic rings. The molecular formula is C19H25BrN6O2. The van der Waals surface area contributed by atoms with Crippen molar-refractivity contribution in [3.63, 3.8) is 0 Å². The molecule has 0 aliphatic carbocycles. The molecule has 2 N–H and O–H groups in total. The summed E-state index contributed by atoms with van der Waals surface area (Å²) in [5, 5.41) is 10.1. The average Bonchev–Trinajstić information content (AvgIpc) is 3.19. The molecule has 2 aromatic rings. The fourth-order valence-electron chi connectivity index (χ4n) is 3.08. The number of halogens is 1. The average molecular weight is 449 g/mol. The van der Waals surface area contributed by atoms with E-state index in [1.807, 2.05) is 31.2 Å². The molecule has 0 atom stereocenters. The van der Waals surface area contributed by atoms with Crippen LogP contribution in [0.3, 0.4) is 0 Å². The Morgan fingerprint density at radius 1 is 1.29 bits per heavy atom. The highest BCUT2D eigenvalue weighted by Crippen LogP contribution is 2.20. The number of nitrogens with zero attached hydrogens (tertiary/aromatic N) is 4. The van der Waals surface area contributed by atoms with Crippen LogP contribution in [-0.2, 0) is 11.3 Å². The minimum Gasteiger partial charge on any atom is -0.364 e. The van der Waals surface area contributed by atoms with E-state index in [0.29, 0.717) is 0 Å². The Hall–Kier alpha value is -2.39. The van der Waals surface area contributed by atoms with Gasteiger partial charge in [-0.05, 0) is 24.6 Å². The number of nitrogens with one attached hydrogen (secondary N) is 2. The van der Waals surface area contributed by atoms with Crippen molar-refractivity contribution >= 4 is 33.5 Å². The Morgan fingerprint density at radius 3 is 2.75 bits per heavy atom. The van der Waals surface area contributed by atoms with E-state index >= 15 is 0 Å². The third-order valence-electron chi connectivity index (χ3n) is 4.64. The predicted octanol–water partition coefficient (Wildman–Crippen LogP) is 2.08. The maximum absolute atomic E-state index is 12.3. The minimum absolute atomic E-state index is 0.105. The molecule has 1 fully saturated rings. The van der Waals surface area contributed by atoms with Crippen LogP contribution in [-0.4, -0.2) is 66.6 Å². The Bertz CT molecular complexity index is 816. The van der Waals surface area contributed by atoms with Crippen molar-refractivity contribution in [1.82, 2.24) is 20.3 Å². The van der Waals surface area contributed by atoms with Gasteiger partial charge in [0.1, 0.15) is 6.26 Å². The van der Waals surface area contributed by atoms with Gasteiger partial charge < -0.3 is 20.1 Å². The summed E-state index contributed by atoms with van der Waals surface area (Å²) in [7, 11) is 1.74. The smallest absolute Gasteiger partial charge is 0.243 e. The fourth-order valence-corrected chi connectivity index (χ4v) is 3.44. The van der Waals surface area contributed by atoms with Crippen molar-refractivity contribution in [3.8, 4) is 0 Å². The summed E-state index contributed by atoms with van der Waals surface area (Å²) < 4.78 is 5.82. The van der Waals surface area contributed by atoms with Gasteiger partial charge in [-0.3, -0.25) is 14.7 Å². The van der Waals surface area contributed by atoms with E-state index in [1.54, 1.807) is 13.3 Å². The molecule has 2 heterocycles. The van der Waals surface area contributed by atoms with E-state index < -0.39 is 0 Å². The van der Waals surface area contributed by atoms with Crippen molar-refractivity contribution in [2.75, 3.05) is 45.1 Å². The number of aliphatic imine (C=N–C) groups is 1. The zero-order valence-electron chi connectivity index (χ0n) is 16.1. The van der Waals surface area contributed by atoms with Crippen LogP contribution < -0.4 is 10.6 Å². The van der Waals surface area contributed by atoms with Crippen molar-refractivity contribution in [3.05, 3.63) is 46.3 Å². The summed E-state index contributed by atoms with van der Waals surface area (Å²) in [6, 6.07) is 7.70. The summed E-state index contributed by atoms with van der Waals surface area (Å²) in [5.74, 6) is 0.634. The summed E-state index contributed by atoms with van der Waals surface area (Å²) in [4.78, 5) is 21.1. The molecule has 3 rings (SSSR count). The summed E-state index contributed by atoms with van der Waals surface area (Å²) >= 11 is 3.43. The third-order valence-corrected chi connectivity index (χ3v) is 5.13. The summed E-state index contributed by atoms with van der Waals surface area (Å²) in [6.45, 7) is 6.39. The first-order chi connectivity index (χ1) is 13.5. The molecule has 1 saturated heterocycles. The Kier molecular flexibility index (Phi) is 7.05. The number of hydrogen-bond acceptors (Lipinski definition) is 5. The molecule has 150 valence electrons. The summed E-state index contributed by atoms with van der Waals surface area (Å²) in [5.41, 5.74) is 2.76. The second kappa shape index (κ2) is 9.70. The van der Waals surface area contributed by atoms with E-state index in [1.165, 1.54) is 0 Å². The molecule has 0 spiro atoms. The number of piperazine rings is 1. The van der Waals surface area contributed by atoms with Crippen molar-refractivity contribution in [2.24, 2.45) is 4.99 Å². The van der Waals surface area contributed by atoms with Gasteiger partial charge in [-0.2, -0.15) is 0 Å². The lowest BCUT2D eigenvalue weighted by Crippen LogP contribution is -2.53. The van der Waals surface area contributed by atoms with E-state index in [9.17, 15) is 4.79 Å². The molecule has 1 aromatic carbocycles. The van der Waals surface area contributed by atoms with Gasteiger partial charge in [0, 0.05) is 56.0 Å². The second-order valence-electron chi connectivity index (χ2n) is 6.66. The number of carbonyl (C=O) groups is 1. The molecule has 8 nitrogen and oxygen atoms in total. The number of rotatable bonds is 5. The van der Waals surface area contributed by atoms with Crippen molar-refractivity contribution in [2.45, 2.75) is 13.5 Å². The maximum Gasteiger partial charge on any atom is 0.243 e. The number of guanidine groups is 1. The number of amides is 1. The minimum atomic E-state index is -0.105. The zero-order valence-corrected chi connectivity index (χ0v) is 17.7. The second-order valence-corrected chi connectivity index (χ2v) is 7.58. The van der Waals surface area contributed by atoms with Gasteiger partial charge in [0.2, 0.25) is 5.91 Å². The van der Waals surface area contributed by atoms with Crippen LogP contribution in [0.2, 0.25) is 0 Å². The van der Waals surface area contributed by atoms with Gasteiger partial charge in [-0.15, -0.1) is 0 Å². The normalized spacial score (nSPS) is 15.5. The highest BCUT2D eigenvalue weighted by atomic mass is 79.9. The number of benzene rings is 1. The number of carbonyl (C=O) groups excluding carboxylic acids is 1. The molecule has 28 heavy (non-hydrogen) atoms. The van der Waals surface area contributed by atoms with Crippen LogP contribution in [0.4, 0.5) is 5.69 Å². The lowest BCUT2D eigenvalue weighted by Gasteiger charge is -2.36. The monoisotopic (exact) mass is 448 g/mol. The number of aromatic nitrogens is 1. The highest BCUT2D eigenvalue weighted by Gasteiger charge is 2.20.